The molecule has 1 aliphatic rings. The van der Waals surface area contributed by atoms with Crippen LogP contribution in [0.5, 0.6) is 0 Å². The molecule has 0 bridgehead atoms. The lowest BCUT2D eigenvalue weighted by Gasteiger charge is -2.35. The number of piperidine rings is 1. The highest BCUT2D eigenvalue weighted by Gasteiger charge is 2.28. The monoisotopic (exact) mass is 271 g/mol. The Morgan fingerprint density at radius 2 is 2.32 bits per heavy atom. The van der Waals surface area contributed by atoms with Gasteiger partial charge in [0.2, 0.25) is 0 Å². The quantitative estimate of drug-likeness (QED) is 0.907. The lowest BCUT2D eigenvalue weighted by atomic mass is 9.94. The zero-order chi connectivity index (χ0) is 14.0. The van der Waals surface area contributed by atoms with Gasteiger partial charge in [0.15, 0.2) is 0 Å². The topological polar surface area (TPSA) is 51.3 Å². The van der Waals surface area contributed by atoms with Crippen LogP contribution in [0.4, 0.5) is 8.78 Å². The van der Waals surface area contributed by atoms with Crippen molar-refractivity contribution >= 4 is 5.91 Å². The van der Waals surface area contributed by atoms with Crippen LogP contribution >= 0.6 is 0 Å². The van der Waals surface area contributed by atoms with Gasteiger partial charge in [-0.15, -0.1) is 0 Å². The van der Waals surface area contributed by atoms with Gasteiger partial charge < -0.3 is 15.2 Å². The molecular formula is C13H19F2N3O. The number of aromatic nitrogens is 1. The van der Waals surface area contributed by atoms with Crippen molar-refractivity contribution in [3.05, 3.63) is 24.0 Å². The molecule has 19 heavy (non-hydrogen) atoms. The molecular weight excluding hydrogens is 252 g/mol. The van der Waals surface area contributed by atoms with Gasteiger partial charge in [0, 0.05) is 25.3 Å². The first kappa shape index (κ1) is 14.0. The number of alkyl halides is 2. The standard InChI is InChI=1S/C13H19F2N3O/c1-9-7-18(6-4-10(9)16)13(19)11-3-2-5-17(11)8-12(14)15/h2-3,5,9-10,12H,4,6-8,16H2,1H3. The highest BCUT2D eigenvalue weighted by molar-refractivity contribution is 5.92. The average Bonchev–Trinajstić information content (AvgIpc) is 2.79. The minimum atomic E-state index is -2.47. The predicted octanol–water partition coefficient (Wildman–Crippen LogP) is 1.56. The van der Waals surface area contributed by atoms with E-state index in [-0.39, 0.29) is 17.9 Å². The van der Waals surface area contributed by atoms with Crippen molar-refractivity contribution in [2.24, 2.45) is 11.7 Å². The minimum Gasteiger partial charge on any atom is -0.338 e. The Kier molecular flexibility index (Phi) is 4.19. The lowest BCUT2D eigenvalue weighted by molar-refractivity contribution is 0.0645. The van der Waals surface area contributed by atoms with Crippen LogP contribution < -0.4 is 5.73 Å². The molecule has 2 rings (SSSR count). The zero-order valence-corrected chi connectivity index (χ0v) is 10.9. The smallest absolute Gasteiger partial charge is 0.270 e. The number of carbonyl (C=O) groups is 1. The Morgan fingerprint density at radius 3 is 2.95 bits per heavy atom. The van der Waals surface area contributed by atoms with Gasteiger partial charge in [0.25, 0.3) is 12.3 Å². The summed E-state index contributed by atoms with van der Waals surface area (Å²) >= 11 is 0. The zero-order valence-electron chi connectivity index (χ0n) is 10.9. The van der Waals surface area contributed by atoms with Crippen molar-refractivity contribution in [1.82, 2.24) is 9.47 Å². The van der Waals surface area contributed by atoms with Crippen molar-refractivity contribution in [1.29, 1.82) is 0 Å². The van der Waals surface area contributed by atoms with E-state index in [1.807, 2.05) is 6.92 Å². The molecule has 2 atom stereocenters. The summed E-state index contributed by atoms with van der Waals surface area (Å²) in [6.45, 7) is 2.73. The van der Waals surface area contributed by atoms with Crippen LogP contribution in [-0.2, 0) is 6.54 Å². The van der Waals surface area contributed by atoms with E-state index in [4.69, 9.17) is 5.73 Å². The van der Waals surface area contributed by atoms with Crippen LogP contribution in [0.3, 0.4) is 0 Å². The molecule has 1 fully saturated rings. The highest BCUT2D eigenvalue weighted by atomic mass is 19.3. The van der Waals surface area contributed by atoms with Gasteiger partial charge >= 0.3 is 0 Å². The SMILES string of the molecule is CC1CN(C(=O)c2cccn2CC(F)F)CCC1N. The number of nitrogens with two attached hydrogens (primary N) is 1. The molecule has 0 aliphatic carbocycles. The molecule has 1 aromatic heterocycles. The second kappa shape index (κ2) is 5.69. The average molecular weight is 271 g/mol. The van der Waals surface area contributed by atoms with Gasteiger partial charge in [-0.05, 0) is 24.5 Å². The summed E-state index contributed by atoms with van der Waals surface area (Å²) < 4.78 is 26.2. The summed E-state index contributed by atoms with van der Waals surface area (Å²) in [5, 5.41) is 0. The Morgan fingerprint density at radius 1 is 1.58 bits per heavy atom. The second-order valence-electron chi connectivity index (χ2n) is 5.12. The normalized spacial score (nSPS) is 23.9. The molecule has 2 N–H and O–H groups in total. The summed E-state index contributed by atoms with van der Waals surface area (Å²) in [7, 11) is 0. The fourth-order valence-corrected chi connectivity index (χ4v) is 2.43. The molecule has 6 heteroatoms. The molecule has 0 radical (unpaired) electrons. The summed E-state index contributed by atoms with van der Waals surface area (Å²) in [5.74, 6) is 0.0422. The number of carbonyl (C=O) groups excluding carboxylic acids is 1. The largest absolute Gasteiger partial charge is 0.338 e. The number of hydrogen-bond acceptors (Lipinski definition) is 2. The van der Waals surface area contributed by atoms with Gasteiger partial charge in [-0.2, -0.15) is 0 Å². The van der Waals surface area contributed by atoms with E-state index >= 15 is 0 Å². The van der Waals surface area contributed by atoms with E-state index < -0.39 is 13.0 Å². The van der Waals surface area contributed by atoms with Crippen LogP contribution in [0, 0.1) is 5.92 Å². The fraction of sp³-hybridized carbons (Fsp3) is 0.615. The van der Waals surface area contributed by atoms with Gasteiger partial charge in [-0.25, -0.2) is 8.78 Å². The highest BCUT2D eigenvalue weighted by Crippen LogP contribution is 2.18. The van der Waals surface area contributed by atoms with Crippen LogP contribution in [0.2, 0.25) is 0 Å². The van der Waals surface area contributed by atoms with Crippen molar-refractivity contribution in [2.75, 3.05) is 13.1 Å². The number of nitrogens with zero attached hydrogens (tertiary/aromatic N) is 2. The fourth-order valence-electron chi connectivity index (χ4n) is 2.43. The number of halogens is 2. The third-order valence-electron chi connectivity index (χ3n) is 3.64. The molecule has 0 spiro atoms. The minimum absolute atomic E-state index is 0.108. The summed E-state index contributed by atoms with van der Waals surface area (Å²) in [4.78, 5) is 14.0. The first-order valence-electron chi connectivity index (χ1n) is 6.47. The molecule has 0 aromatic carbocycles. The van der Waals surface area contributed by atoms with E-state index in [0.29, 0.717) is 18.8 Å². The third kappa shape index (κ3) is 3.12. The maximum atomic E-state index is 12.4. The molecule has 0 saturated carbocycles. The summed E-state index contributed by atoms with van der Waals surface area (Å²) in [6, 6.07) is 3.32. The van der Waals surface area contributed by atoms with E-state index in [2.05, 4.69) is 0 Å². The van der Waals surface area contributed by atoms with E-state index in [1.54, 1.807) is 17.0 Å². The van der Waals surface area contributed by atoms with Crippen molar-refractivity contribution < 1.29 is 13.6 Å². The first-order chi connectivity index (χ1) is 8.99. The number of likely N-dealkylation sites (tertiary alicyclic amines) is 1. The molecule has 2 unspecified atom stereocenters. The third-order valence-corrected chi connectivity index (χ3v) is 3.64. The lowest BCUT2D eigenvalue weighted by Crippen LogP contribution is -2.48. The number of rotatable bonds is 3. The van der Waals surface area contributed by atoms with Crippen molar-refractivity contribution in [3.8, 4) is 0 Å². The molecule has 1 amide bonds. The Hall–Kier alpha value is -1.43. The summed E-state index contributed by atoms with van der Waals surface area (Å²) in [5.41, 5.74) is 6.23. The molecule has 2 heterocycles. The Labute approximate surface area is 111 Å². The summed E-state index contributed by atoms with van der Waals surface area (Å²) in [6.07, 6.45) is -0.200. The predicted molar refractivity (Wildman–Crippen MR) is 68.1 cm³/mol. The van der Waals surface area contributed by atoms with Gasteiger partial charge in [0.1, 0.15) is 5.69 Å². The Balaban J connectivity index is 2.09. The van der Waals surface area contributed by atoms with Crippen LogP contribution in [0.15, 0.2) is 18.3 Å². The van der Waals surface area contributed by atoms with E-state index in [9.17, 15) is 13.6 Å². The molecule has 1 aromatic rings. The molecule has 1 saturated heterocycles. The van der Waals surface area contributed by atoms with Crippen LogP contribution in [-0.4, -0.2) is 40.9 Å². The first-order valence-corrected chi connectivity index (χ1v) is 6.47. The maximum absolute atomic E-state index is 12.4. The number of amides is 1. The maximum Gasteiger partial charge on any atom is 0.270 e. The van der Waals surface area contributed by atoms with E-state index in [1.165, 1.54) is 10.8 Å². The molecule has 106 valence electrons. The second-order valence-corrected chi connectivity index (χ2v) is 5.12. The van der Waals surface area contributed by atoms with Crippen molar-refractivity contribution in [2.45, 2.75) is 32.4 Å². The van der Waals surface area contributed by atoms with Gasteiger partial charge in [-0.1, -0.05) is 6.92 Å². The molecule has 4 nitrogen and oxygen atoms in total. The van der Waals surface area contributed by atoms with Gasteiger partial charge in [-0.3, -0.25) is 4.79 Å². The van der Waals surface area contributed by atoms with Crippen LogP contribution in [0.25, 0.3) is 0 Å². The van der Waals surface area contributed by atoms with Gasteiger partial charge in [0.05, 0.1) is 6.54 Å². The Bertz CT molecular complexity index is 447. The molecule has 1 aliphatic heterocycles. The van der Waals surface area contributed by atoms with E-state index in [0.717, 1.165) is 6.42 Å². The van der Waals surface area contributed by atoms with Crippen LogP contribution in [0.1, 0.15) is 23.8 Å². The number of hydrogen-bond donors (Lipinski definition) is 1. The van der Waals surface area contributed by atoms with Crippen molar-refractivity contribution in [3.63, 3.8) is 0 Å².